The highest BCUT2D eigenvalue weighted by Gasteiger charge is 2.03. The van der Waals surface area contributed by atoms with Crippen molar-refractivity contribution in [3.8, 4) is 11.1 Å². The van der Waals surface area contributed by atoms with Gasteiger partial charge in [-0.1, -0.05) is 80.8 Å². The van der Waals surface area contributed by atoms with Gasteiger partial charge in [-0.3, -0.25) is 0 Å². The van der Waals surface area contributed by atoms with Crippen molar-refractivity contribution in [2.45, 2.75) is 39.2 Å². The molecule has 2 rings (SSSR count). The minimum atomic E-state index is 0.706. The van der Waals surface area contributed by atoms with Gasteiger partial charge in [0.1, 0.15) is 0 Å². The molecule has 106 valence electrons. The summed E-state index contributed by atoms with van der Waals surface area (Å²) < 4.78 is 5.83. The molecule has 0 fully saturated rings. The summed E-state index contributed by atoms with van der Waals surface area (Å²) in [6, 6.07) is 19.0. The molecular weight excluding hydrogens is 244 g/mol. The molecule has 0 saturated heterocycles. The summed E-state index contributed by atoms with van der Waals surface area (Å²) in [7, 11) is 0. The zero-order valence-electron chi connectivity index (χ0n) is 12.3. The van der Waals surface area contributed by atoms with Gasteiger partial charge in [-0.2, -0.15) is 0 Å². The van der Waals surface area contributed by atoms with Gasteiger partial charge in [0.25, 0.3) is 0 Å². The van der Waals surface area contributed by atoms with E-state index in [9.17, 15) is 0 Å². The zero-order valence-corrected chi connectivity index (χ0v) is 12.3. The Balaban J connectivity index is 1.92. The van der Waals surface area contributed by atoms with Crippen molar-refractivity contribution in [1.82, 2.24) is 0 Å². The second-order valence-electron chi connectivity index (χ2n) is 5.14. The largest absolute Gasteiger partial charge is 0.377 e. The average Bonchev–Trinajstić information content (AvgIpc) is 2.52. The van der Waals surface area contributed by atoms with E-state index < -0.39 is 0 Å². The van der Waals surface area contributed by atoms with Crippen LogP contribution in [0.1, 0.15) is 38.2 Å². The molecule has 0 saturated carbocycles. The van der Waals surface area contributed by atoms with Crippen molar-refractivity contribution in [1.29, 1.82) is 0 Å². The molecule has 0 N–H and O–H groups in total. The lowest BCUT2D eigenvalue weighted by atomic mass is 10.0. The molecule has 0 aromatic heterocycles. The molecule has 0 heterocycles. The van der Waals surface area contributed by atoms with Crippen LogP contribution in [0.15, 0.2) is 54.6 Å². The van der Waals surface area contributed by atoms with E-state index >= 15 is 0 Å². The topological polar surface area (TPSA) is 9.23 Å². The fourth-order valence-corrected chi connectivity index (χ4v) is 2.36. The quantitative estimate of drug-likeness (QED) is 0.578. The van der Waals surface area contributed by atoms with Gasteiger partial charge in [0, 0.05) is 6.61 Å². The summed E-state index contributed by atoms with van der Waals surface area (Å²) in [4.78, 5) is 0. The number of unbranched alkanes of at least 4 members (excludes halogenated alkanes) is 3. The van der Waals surface area contributed by atoms with Crippen LogP contribution in [0.3, 0.4) is 0 Å². The van der Waals surface area contributed by atoms with Crippen LogP contribution in [-0.2, 0) is 11.3 Å². The van der Waals surface area contributed by atoms with Gasteiger partial charge >= 0.3 is 0 Å². The first-order valence-electron chi connectivity index (χ1n) is 7.63. The number of ether oxygens (including phenoxy) is 1. The Labute approximate surface area is 122 Å². The third-order valence-corrected chi connectivity index (χ3v) is 3.50. The third kappa shape index (κ3) is 4.50. The Kier molecular flexibility index (Phi) is 6.33. The SMILES string of the molecule is CCCCCCOCc1ccccc1-c1ccccc1. The molecule has 2 aromatic carbocycles. The van der Waals surface area contributed by atoms with Crippen molar-refractivity contribution in [3.05, 3.63) is 60.2 Å². The van der Waals surface area contributed by atoms with Crippen LogP contribution in [-0.4, -0.2) is 6.61 Å². The number of hydrogen-bond donors (Lipinski definition) is 0. The van der Waals surface area contributed by atoms with E-state index in [1.54, 1.807) is 0 Å². The van der Waals surface area contributed by atoms with E-state index in [0.29, 0.717) is 6.61 Å². The molecular formula is C19H24O. The standard InChI is InChI=1S/C19H24O/c1-2-3-4-10-15-20-16-18-13-8-9-14-19(18)17-11-6-5-7-12-17/h5-9,11-14H,2-4,10,15-16H2,1H3. The lowest BCUT2D eigenvalue weighted by molar-refractivity contribution is 0.117. The van der Waals surface area contributed by atoms with Gasteiger partial charge in [-0.15, -0.1) is 0 Å². The first-order chi connectivity index (χ1) is 9.92. The van der Waals surface area contributed by atoms with E-state index in [0.717, 1.165) is 6.61 Å². The van der Waals surface area contributed by atoms with E-state index in [4.69, 9.17) is 4.74 Å². The first-order valence-corrected chi connectivity index (χ1v) is 7.63. The summed E-state index contributed by atoms with van der Waals surface area (Å²) >= 11 is 0. The summed E-state index contributed by atoms with van der Waals surface area (Å²) in [5.41, 5.74) is 3.81. The molecule has 0 amide bonds. The summed E-state index contributed by atoms with van der Waals surface area (Å²) in [5.74, 6) is 0. The van der Waals surface area contributed by atoms with Gasteiger partial charge < -0.3 is 4.74 Å². The molecule has 2 aromatic rings. The highest BCUT2D eigenvalue weighted by atomic mass is 16.5. The molecule has 0 aliphatic heterocycles. The molecule has 1 heteroatoms. The number of hydrogen-bond acceptors (Lipinski definition) is 1. The van der Waals surface area contributed by atoms with Gasteiger partial charge in [-0.05, 0) is 23.1 Å². The zero-order chi connectivity index (χ0) is 14.0. The van der Waals surface area contributed by atoms with Gasteiger partial charge in [0.2, 0.25) is 0 Å². The van der Waals surface area contributed by atoms with Crippen molar-refractivity contribution in [2.24, 2.45) is 0 Å². The van der Waals surface area contributed by atoms with Crippen LogP contribution in [0, 0.1) is 0 Å². The Hall–Kier alpha value is -1.60. The minimum absolute atomic E-state index is 0.706. The molecule has 0 atom stereocenters. The van der Waals surface area contributed by atoms with Crippen molar-refractivity contribution in [2.75, 3.05) is 6.61 Å². The summed E-state index contributed by atoms with van der Waals surface area (Å²) in [6.07, 6.45) is 5.03. The Bertz CT molecular complexity index is 490. The number of rotatable bonds is 8. The third-order valence-electron chi connectivity index (χ3n) is 3.50. The maximum absolute atomic E-state index is 5.83. The smallest absolute Gasteiger partial charge is 0.0722 e. The first kappa shape index (κ1) is 14.8. The van der Waals surface area contributed by atoms with Crippen LogP contribution in [0.25, 0.3) is 11.1 Å². The molecule has 20 heavy (non-hydrogen) atoms. The summed E-state index contributed by atoms with van der Waals surface area (Å²) in [5, 5.41) is 0. The highest BCUT2D eigenvalue weighted by Crippen LogP contribution is 2.23. The lowest BCUT2D eigenvalue weighted by Crippen LogP contribution is -1.97. The van der Waals surface area contributed by atoms with Crippen molar-refractivity contribution < 1.29 is 4.74 Å². The van der Waals surface area contributed by atoms with Gasteiger partial charge in [-0.25, -0.2) is 0 Å². The maximum Gasteiger partial charge on any atom is 0.0722 e. The summed E-state index contributed by atoms with van der Waals surface area (Å²) in [6.45, 7) is 3.80. The van der Waals surface area contributed by atoms with E-state index in [1.807, 2.05) is 0 Å². The Morgan fingerprint density at radius 2 is 1.55 bits per heavy atom. The second kappa shape index (κ2) is 8.55. The molecule has 0 aliphatic carbocycles. The van der Waals surface area contributed by atoms with E-state index in [-0.39, 0.29) is 0 Å². The minimum Gasteiger partial charge on any atom is -0.377 e. The molecule has 1 nitrogen and oxygen atoms in total. The number of benzene rings is 2. The fraction of sp³-hybridized carbons (Fsp3) is 0.368. The van der Waals surface area contributed by atoms with Crippen molar-refractivity contribution >= 4 is 0 Å². The monoisotopic (exact) mass is 268 g/mol. The van der Waals surface area contributed by atoms with E-state index in [2.05, 4.69) is 61.5 Å². The lowest BCUT2D eigenvalue weighted by Gasteiger charge is -2.10. The van der Waals surface area contributed by atoms with Crippen LogP contribution < -0.4 is 0 Å². The van der Waals surface area contributed by atoms with Gasteiger partial charge in [0.15, 0.2) is 0 Å². The predicted molar refractivity (Wildman–Crippen MR) is 85.7 cm³/mol. The van der Waals surface area contributed by atoms with Crippen LogP contribution in [0.4, 0.5) is 0 Å². The fourth-order valence-electron chi connectivity index (χ4n) is 2.36. The Morgan fingerprint density at radius 1 is 0.800 bits per heavy atom. The van der Waals surface area contributed by atoms with Crippen LogP contribution >= 0.6 is 0 Å². The van der Waals surface area contributed by atoms with E-state index in [1.165, 1.54) is 42.4 Å². The molecule has 0 spiro atoms. The van der Waals surface area contributed by atoms with Crippen LogP contribution in [0.2, 0.25) is 0 Å². The Morgan fingerprint density at radius 3 is 2.35 bits per heavy atom. The molecule has 0 bridgehead atoms. The molecule has 0 aliphatic rings. The molecule has 0 unspecified atom stereocenters. The highest BCUT2D eigenvalue weighted by molar-refractivity contribution is 5.66. The van der Waals surface area contributed by atoms with Crippen molar-refractivity contribution in [3.63, 3.8) is 0 Å². The average molecular weight is 268 g/mol. The van der Waals surface area contributed by atoms with Crippen LogP contribution in [0.5, 0.6) is 0 Å². The maximum atomic E-state index is 5.83. The predicted octanol–water partition coefficient (Wildman–Crippen LogP) is 5.45. The second-order valence-corrected chi connectivity index (χ2v) is 5.14. The normalized spacial score (nSPS) is 10.7. The molecule has 0 radical (unpaired) electrons. The van der Waals surface area contributed by atoms with Gasteiger partial charge in [0.05, 0.1) is 6.61 Å².